The summed E-state index contributed by atoms with van der Waals surface area (Å²) in [5, 5.41) is 3.51. The lowest BCUT2D eigenvalue weighted by atomic mass is 9.87. The smallest absolute Gasteiger partial charge is 0.337 e. The molecule has 116 valence electrons. The van der Waals surface area contributed by atoms with Crippen LogP contribution in [0.15, 0.2) is 22.7 Å². The molecular formula is C17H24BrNO2. The number of esters is 1. The lowest BCUT2D eigenvalue weighted by molar-refractivity contribution is 0.0600. The molecule has 1 aromatic carbocycles. The van der Waals surface area contributed by atoms with E-state index in [0.717, 1.165) is 23.5 Å². The Morgan fingerprint density at radius 1 is 1.33 bits per heavy atom. The van der Waals surface area contributed by atoms with Crippen molar-refractivity contribution >= 4 is 21.9 Å². The minimum atomic E-state index is -0.299. The fourth-order valence-corrected chi connectivity index (χ4v) is 3.46. The van der Waals surface area contributed by atoms with Gasteiger partial charge < -0.3 is 10.1 Å². The van der Waals surface area contributed by atoms with Crippen LogP contribution in [0.4, 0.5) is 0 Å². The molecule has 0 saturated heterocycles. The zero-order chi connectivity index (χ0) is 15.1. The minimum absolute atomic E-state index is 0.299. The molecule has 1 saturated carbocycles. The van der Waals surface area contributed by atoms with Gasteiger partial charge in [0.25, 0.3) is 0 Å². The van der Waals surface area contributed by atoms with Crippen LogP contribution in [0.2, 0.25) is 0 Å². The third-order valence-electron chi connectivity index (χ3n) is 4.24. The van der Waals surface area contributed by atoms with E-state index in [0.29, 0.717) is 5.56 Å². The van der Waals surface area contributed by atoms with E-state index in [-0.39, 0.29) is 5.97 Å². The van der Waals surface area contributed by atoms with Crippen LogP contribution in [0, 0.1) is 5.92 Å². The first-order valence-corrected chi connectivity index (χ1v) is 8.57. The molecule has 2 rings (SSSR count). The third kappa shape index (κ3) is 5.11. The molecule has 0 bridgehead atoms. The summed E-state index contributed by atoms with van der Waals surface area (Å²) in [5.41, 5.74) is 1.75. The lowest BCUT2D eigenvalue weighted by Gasteiger charge is -2.21. The van der Waals surface area contributed by atoms with Crippen LogP contribution >= 0.6 is 15.9 Å². The normalized spacial score (nSPS) is 15.9. The number of carbonyl (C=O) groups is 1. The number of hydrogen-bond acceptors (Lipinski definition) is 3. The summed E-state index contributed by atoms with van der Waals surface area (Å²) >= 11 is 3.53. The molecule has 1 aromatic rings. The fourth-order valence-electron chi connectivity index (χ4n) is 2.94. The van der Waals surface area contributed by atoms with Gasteiger partial charge in [0.15, 0.2) is 0 Å². The van der Waals surface area contributed by atoms with Crippen LogP contribution in [-0.2, 0) is 11.3 Å². The molecule has 1 aliphatic rings. The van der Waals surface area contributed by atoms with Crippen molar-refractivity contribution in [2.45, 2.75) is 45.1 Å². The van der Waals surface area contributed by atoms with Crippen LogP contribution in [0.5, 0.6) is 0 Å². The topological polar surface area (TPSA) is 38.3 Å². The van der Waals surface area contributed by atoms with Gasteiger partial charge in [0.1, 0.15) is 0 Å². The van der Waals surface area contributed by atoms with Crippen molar-refractivity contribution in [1.29, 1.82) is 0 Å². The molecule has 0 amide bonds. The molecule has 1 aliphatic carbocycles. The number of benzene rings is 1. The highest BCUT2D eigenvalue weighted by Crippen LogP contribution is 2.26. The first-order valence-electron chi connectivity index (χ1n) is 7.78. The van der Waals surface area contributed by atoms with Crippen LogP contribution in [0.3, 0.4) is 0 Å². The van der Waals surface area contributed by atoms with Crippen molar-refractivity contribution in [3.8, 4) is 0 Å². The van der Waals surface area contributed by atoms with E-state index in [1.807, 2.05) is 18.2 Å². The molecule has 1 N–H and O–H groups in total. The second kappa shape index (κ2) is 8.54. The van der Waals surface area contributed by atoms with E-state index in [1.54, 1.807) is 0 Å². The van der Waals surface area contributed by atoms with Gasteiger partial charge in [0.05, 0.1) is 12.7 Å². The maximum atomic E-state index is 11.5. The monoisotopic (exact) mass is 353 g/mol. The van der Waals surface area contributed by atoms with Crippen LogP contribution in [-0.4, -0.2) is 19.6 Å². The van der Waals surface area contributed by atoms with E-state index >= 15 is 0 Å². The number of hydrogen-bond donors (Lipinski definition) is 1. The van der Waals surface area contributed by atoms with Crippen molar-refractivity contribution in [1.82, 2.24) is 5.32 Å². The Morgan fingerprint density at radius 2 is 2.10 bits per heavy atom. The first kappa shape index (κ1) is 16.5. The Balaban J connectivity index is 1.76. The van der Waals surface area contributed by atoms with E-state index in [2.05, 4.69) is 21.2 Å². The van der Waals surface area contributed by atoms with E-state index in [9.17, 15) is 4.79 Å². The van der Waals surface area contributed by atoms with Crippen LogP contribution < -0.4 is 5.32 Å². The maximum Gasteiger partial charge on any atom is 0.337 e. The number of rotatable bonds is 6. The standard InChI is InChI=1S/C17H24BrNO2/c1-21-17(20)14-7-8-15(16(18)11-14)12-19-10-9-13-5-3-2-4-6-13/h7-8,11,13,19H,2-6,9-10,12H2,1H3. The van der Waals surface area contributed by atoms with Gasteiger partial charge in [-0.1, -0.05) is 54.1 Å². The van der Waals surface area contributed by atoms with Gasteiger partial charge in [-0.2, -0.15) is 0 Å². The highest BCUT2D eigenvalue weighted by atomic mass is 79.9. The molecule has 0 aliphatic heterocycles. The molecule has 0 heterocycles. The van der Waals surface area contributed by atoms with Gasteiger partial charge in [-0.3, -0.25) is 0 Å². The number of nitrogens with one attached hydrogen (secondary N) is 1. The van der Waals surface area contributed by atoms with E-state index in [4.69, 9.17) is 4.74 Å². The summed E-state index contributed by atoms with van der Waals surface area (Å²) in [5.74, 6) is 0.615. The summed E-state index contributed by atoms with van der Waals surface area (Å²) in [7, 11) is 1.40. The number of halogens is 1. The Hall–Kier alpha value is -0.870. The molecule has 0 spiro atoms. The van der Waals surface area contributed by atoms with E-state index < -0.39 is 0 Å². The molecule has 4 heteroatoms. The molecule has 0 aromatic heterocycles. The fraction of sp³-hybridized carbons (Fsp3) is 0.588. The number of carbonyl (C=O) groups excluding carboxylic acids is 1. The molecule has 0 unspecified atom stereocenters. The number of methoxy groups -OCH3 is 1. The molecule has 0 atom stereocenters. The maximum absolute atomic E-state index is 11.5. The highest BCUT2D eigenvalue weighted by Gasteiger charge is 2.13. The van der Waals surface area contributed by atoms with Crippen LogP contribution in [0.1, 0.15) is 54.4 Å². The Kier molecular flexibility index (Phi) is 6.71. The zero-order valence-electron chi connectivity index (χ0n) is 12.7. The average molecular weight is 354 g/mol. The van der Waals surface area contributed by atoms with Gasteiger partial charge in [0, 0.05) is 11.0 Å². The quantitative estimate of drug-likeness (QED) is 0.612. The lowest BCUT2D eigenvalue weighted by Crippen LogP contribution is -2.19. The predicted molar refractivity (Wildman–Crippen MR) is 88.4 cm³/mol. The molecule has 0 radical (unpaired) electrons. The highest BCUT2D eigenvalue weighted by molar-refractivity contribution is 9.10. The molecule has 21 heavy (non-hydrogen) atoms. The van der Waals surface area contributed by atoms with Crippen molar-refractivity contribution in [2.75, 3.05) is 13.7 Å². The Morgan fingerprint density at radius 3 is 2.76 bits per heavy atom. The summed E-state index contributed by atoms with van der Waals surface area (Å²) in [6, 6.07) is 5.61. The predicted octanol–water partition coefficient (Wildman–Crippen LogP) is 4.30. The summed E-state index contributed by atoms with van der Waals surface area (Å²) in [6.45, 7) is 1.89. The Bertz CT molecular complexity index is 470. The molecule has 1 fully saturated rings. The summed E-state index contributed by atoms with van der Waals surface area (Å²) in [6.07, 6.45) is 8.32. The second-order valence-electron chi connectivity index (χ2n) is 5.77. The SMILES string of the molecule is COC(=O)c1ccc(CNCCC2CCCCC2)c(Br)c1. The molecule has 3 nitrogen and oxygen atoms in total. The van der Waals surface area contributed by atoms with Gasteiger partial charge >= 0.3 is 5.97 Å². The zero-order valence-corrected chi connectivity index (χ0v) is 14.2. The molecular weight excluding hydrogens is 330 g/mol. The van der Waals surface area contributed by atoms with Gasteiger partial charge in [-0.15, -0.1) is 0 Å². The van der Waals surface area contributed by atoms with Crippen molar-refractivity contribution in [3.05, 3.63) is 33.8 Å². The van der Waals surface area contributed by atoms with Crippen molar-refractivity contribution in [2.24, 2.45) is 5.92 Å². The average Bonchev–Trinajstić information content (AvgIpc) is 2.53. The summed E-state index contributed by atoms with van der Waals surface area (Å²) in [4.78, 5) is 11.5. The van der Waals surface area contributed by atoms with Crippen molar-refractivity contribution < 1.29 is 9.53 Å². The summed E-state index contributed by atoms with van der Waals surface area (Å²) < 4.78 is 5.68. The first-order chi connectivity index (χ1) is 10.2. The third-order valence-corrected chi connectivity index (χ3v) is 4.98. The number of ether oxygens (including phenoxy) is 1. The Labute approximate surface area is 135 Å². The van der Waals surface area contributed by atoms with Crippen molar-refractivity contribution in [3.63, 3.8) is 0 Å². The van der Waals surface area contributed by atoms with Gasteiger partial charge in [0.2, 0.25) is 0 Å². The van der Waals surface area contributed by atoms with Crippen LogP contribution in [0.25, 0.3) is 0 Å². The van der Waals surface area contributed by atoms with Gasteiger partial charge in [-0.25, -0.2) is 4.79 Å². The van der Waals surface area contributed by atoms with Gasteiger partial charge in [-0.05, 0) is 36.6 Å². The van der Waals surface area contributed by atoms with E-state index in [1.165, 1.54) is 51.2 Å². The second-order valence-corrected chi connectivity index (χ2v) is 6.62. The largest absolute Gasteiger partial charge is 0.465 e. The minimum Gasteiger partial charge on any atom is -0.465 e.